The van der Waals surface area contributed by atoms with Crippen molar-refractivity contribution in [2.45, 2.75) is 58.0 Å². The topological polar surface area (TPSA) is 38.7 Å². The van der Waals surface area contributed by atoms with Crippen LogP contribution in [0.3, 0.4) is 0 Å². The van der Waals surface area contributed by atoms with Gasteiger partial charge >= 0.3 is 0 Å². The number of aliphatic hydroxyl groups is 1. The molecule has 3 nitrogen and oxygen atoms in total. The maximum Gasteiger partial charge on any atom is 0.157 e. The highest BCUT2D eigenvalue weighted by Crippen LogP contribution is 2.16. The quantitative estimate of drug-likeness (QED) is 0.729. The fourth-order valence-electron chi connectivity index (χ4n) is 1.61. The van der Waals surface area contributed by atoms with Crippen molar-refractivity contribution in [1.82, 2.24) is 0 Å². The van der Waals surface area contributed by atoms with E-state index >= 15 is 0 Å². The van der Waals surface area contributed by atoms with Gasteiger partial charge in [0.25, 0.3) is 0 Å². The standard InChI is InChI=1S/C10H20O3/c1-8(11)7-9(2)13-10-5-3-4-6-12-10/h8-11H,3-7H2,1-2H3/t8?,9-,10?/m1/s1. The Labute approximate surface area is 80.0 Å². The molecule has 3 atom stereocenters. The lowest BCUT2D eigenvalue weighted by Gasteiger charge is -2.26. The molecule has 2 unspecified atom stereocenters. The highest BCUT2D eigenvalue weighted by atomic mass is 16.7. The van der Waals surface area contributed by atoms with Crippen molar-refractivity contribution in [2.24, 2.45) is 0 Å². The molecule has 1 aliphatic rings. The smallest absolute Gasteiger partial charge is 0.157 e. The summed E-state index contributed by atoms with van der Waals surface area (Å²) in [5, 5.41) is 9.13. The summed E-state index contributed by atoms with van der Waals surface area (Å²) in [5.74, 6) is 0. The van der Waals surface area contributed by atoms with E-state index in [4.69, 9.17) is 14.6 Å². The summed E-state index contributed by atoms with van der Waals surface area (Å²) in [4.78, 5) is 0. The molecular formula is C10H20O3. The van der Waals surface area contributed by atoms with Crippen LogP contribution in [0.25, 0.3) is 0 Å². The number of hydrogen-bond donors (Lipinski definition) is 1. The van der Waals surface area contributed by atoms with Crippen LogP contribution in [0.4, 0.5) is 0 Å². The van der Waals surface area contributed by atoms with Gasteiger partial charge in [-0.1, -0.05) is 0 Å². The molecule has 3 heteroatoms. The first-order valence-electron chi connectivity index (χ1n) is 5.13. The number of ether oxygens (including phenoxy) is 2. The van der Waals surface area contributed by atoms with E-state index in [1.807, 2.05) is 6.92 Å². The highest BCUT2D eigenvalue weighted by molar-refractivity contribution is 4.60. The van der Waals surface area contributed by atoms with Gasteiger partial charge in [-0.2, -0.15) is 0 Å². The minimum Gasteiger partial charge on any atom is -0.393 e. The zero-order chi connectivity index (χ0) is 9.68. The monoisotopic (exact) mass is 188 g/mol. The minimum absolute atomic E-state index is 0.0394. The summed E-state index contributed by atoms with van der Waals surface area (Å²) < 4.78 is 11.0. The third kappa shape index (κ3) is 4.60. The average molecular weight is 188 g/mol. The predicted molar refractivity (Wildman–Crippen MR) is 50.4 cm³/mol. The van der Waals surface area contributed by atoms with E-state index in [0.717, 1.165) is 19.4 Å². The predicted octanol–water partition coefficient (Wildman–Crippen LogP) is 1.69. The van der Waals surface area contributed by atoms with E-state index in [9.17, 15) is 0 Å². The van der Waals surface area contributed by atoms with Crippen LogP contribution in [0.2, 0.25) is 0 Å². The van der Waals surface area contributed by atoms with Crippen LogP contribution in [0.15, 0.2) is 0 Å². The Kier molecular flexibility index (Phi) is 4.70. The largest absolute Gasteiger partial charge is 0.393 e. The Balaban J connectivity index is 2.14. The molecule has 0 saturated carbocycles. The van der Waals surface area contributed by atoms with Gasteiger partial charge in [-0.25, -0.2) is 0 Å². The zero-order valence-electron chi connectivity index (χ0n) is 8.53. The van der Waals surface area contributed by atoms with Gasteiger partial charge in [-0.3, -0.25) is 0 Å². The van der Waals surface area contributed by atoms with E-state index in [1.165, 1.54) is 6.42 Å². The van der Waals surface area contributed by atoms with Gasteiger partial charge in [0, 0.05) is 6.61 Å². The van der Waals surface area contributed by atoms with Gasteiger partial charge in [0.05, 0.1) is 12.2 Å². The fourth-order valence-corrected chi connectivity index (χ4v) is 1.61. The minimum atomic E-state index is -0.293. The summed E-state index contributed by atoms with van der Waals surface area (Å²) >= 11 is 0. The summed E-state index contributed by atoms with van der Waals surface area (Å²) in [6.07, 6.45) is 3.75. The van der Waals surface area contributed by atoms with Crippen molar-refractivity contribution in [3.8, 4) is 0 Å². The molecule has 1 N–H and O–H groups in total. The molecule has 1 saturated heterocycles. The molecule has 0 spiro atoms. The molecule has 13 heavy (non-hydrogen) atoms. The molecule has 1 rings (SSSR count). The Morgan fingerprint density at radius 2 is 2.23 bits per heavy atom. The SMILES string of the molecule is CC(O)C[C@@H](C)OC1CCCCO1. The maximum atomic E-state index is 9.13. The molecule has 1 aliphatic heterocycles. The average Bonchev–Trinajstić information content (AvgIpc) is 2.04. The Hall–Kier alpha value is -0.120. The second kappa shape index (κ2) is 5.58. The van der Waals surface area contributed by atoms with Gasteiger partial charge in [-0.15, -0.1) is 0 Å². The van der Waals surface area contributed by atoms with Crippen LogP contribution in [0.1, 0.15) is 39.5 Å². The fraction of sp³-hybridized carbons (Fsp3) is 1.00. The van der Waals surface area contributed by atoms with Crippen LogP contribution in [0.5, 0.6) is 0 Å². The molecule has 1 fully saturated rings. The molecule has 0 aliphatic carbocycles. The second-order valence-corrected chi connectivity index (χ2v) is 3.83. The van der Waals surface area contributed by atoms with E-state index in [0.29, 0.717) is 6.42 Å². The second-order valence-electron chi connectivity index (χ2n) is 3.83. The summed E-state index contributed by atoms with van der Waals surface area (Å²) in [6, 6.07) is 0. The van der Waals surface area contributed by atoms with E-state index in [2.05, 4.69) is 0 Å². The number of rotatable bonds is 4. The summed E-state index contributed by atoms with van der Waals surface area (Å²) in [6.45, 7) is 4.57. The summed E-state index contributed by atoms with van der Waals surface area (Å²) in [7, 11) is 0. The normalized spacial score (nSPS) is 28.4. The first kappa shape index (κ1) is 11.0. The molecule has 0 radical (unpaired) electrons. The molecule has 0 bridgehead atoms. The maximum absolute atomic E-state index is 9.13. The van der Waals surface area contributed by atoms with Gasteiger partial charge in [0.2, 0.25) is 0 Å². The van der Waals surface area contributed by atoms with Crippen molar-refractivity contribution in [3.63, 3.8) is 0 Å². The molecule has 0 aromatic rings. The third-order valence-electron chi connectivity index (χ3n) is 2.20. The summed E-state index contributed by atoms with van der Waals surface area (Å²) in [5.41, 5.74) is 0. The zero-order valence-corrected chi connectivity index (χ0v) is 8.53. The van der Waals surface area contributed by atoms with Crippen LogP contribution in [0, 0.1) is 0 Å². The van der Waals surface area contributed by atoms with E-state index in [-0.39, 0.29) is 18.5 Å². The lowest BCUT2D eigenvalue weighted by Crippen LogP contribution is -2.28. The Bertz CT molecular complexity index is 130. The number of aliphatic hydroxyl groups excluding tert-OH is 1. The highest BCUT2D eigenvalue weighted by Gasteiger charge is 2.17. The van der Waals surface area contributed by atoms with Crippen LogP contribution >= 0.6 is 0 Å². The van der Waals surface area contributed by atoms with Gasteiger partial charge in [0.15, 0.2) is 6.29 Å². The van der Waals surface area contributed by atoms with E-state index in [1.54, 1.807) is 6.92 Å². The van der Waals surface area contributed by atoms with Crippen molar-refractivity contribution in [1.29, 1.82) is 0 Å². The molecule has 0 aromatic carbocycles. The van der Waals surface area contributed by atoms with Crippen molar-refractivity contribution in [2.75, 3.05) is 6.61 Å². The van der Waals surface area contributed by atoms with Crippen molar-refractivity contribution >= 4 is 0 Å². The molecule has 1 heterocycles. The van der Waals surface area contributed by atoms with Gasteiger partial charge < -0.3 is 14.6 Å². The lowest BCUT2D eigenvalue weighted by molar-refractivity contribution is -0.188. The van der Waals surface area contributed by atoms with E-state index < -0.39 is 0 Å². The first-order chi connectivity index (χ1) is 6.18. The molecule has 0 amide bonds. The lowest BCUT2D eigenvalue weighted by atomic mass is 10.2. The number of hydrogen-bond acceptors (Lipinski definition) is 3. The molecule has 78 valence electrons. The van der Waals surface area contributed by atoms with Crippen LogP contribution in [-0.2, 0) is 9.47 Å². The molecule has 0 aromatic heterocycles. The van der Waals surface area contributed by atoms with Crippen molar-refractivity contribution < 1.29 is 14.6 Å². The van der Waals surface area contributed by atoms with Gasteiger partial charge in [0.1, 0.15) is 0 Å². The molecular weight excluding hydrogens is 168 g/mol. The first-order valence-corrected chi connectivity index (χ1v) is 5.13. The van der Waals surface area contributed by atoms with Crippen LogP contribution in [-0.4, -0.2) is 30.2 Å². The van der Waals surface area contributed by atoms with Crippen LogP contribution < -0.4 is 0 Å². The van der Waals surface area contributed by atoms with Gasteiger partial charge in [-0.05, 0) is 39.5 Å². The third-order valence-corrected chi connectivity index (χ3v) is 2.20. The Morgan fingerprint density at radius 3 is 2.77 bits per heavy atom. The Morgan fingerprint density at radius 1 is 1.46 bits per heavy atom. The van der Waals surface area contributed by atoms with Crippen molar-refractivity contribution in [3.05, 3.63) is 0 Å².